The summed E-state index contributed by atoms with van der Waals surface area (Å²) in [5.41, 5.74) is 4.35. The lowest BCUT2D eigenvalue weighted by Crippen LogP contribution is -2.38. The first-order valence-electron chi connectivity index (χ1n) is 11.5. The number of carbonyl (C=O) groups is 1. The molecule has 1 amide bonds. The van der Waals surface area contributed by atoms with E-state index in [1.807, 2.05) is 46.8 Å². The van der Waals surface area contributed by atoms with E-state index in [1.165, 1.54) is 10.4 Å². The van der Waals surface area contributed by atoms with Crippen molar-refractivity contribution in [2.45, 2.75) is 45.6 Å². The van der Waals surface area contributed by atoms with Crippen LogP contribution in [-0.4, -0.2) is 58.0 Å². The molecule has 1 aliphatic rings. The molecule has 2 aromatic rings. The summed E-state index contributed by atoms with van der Waals surface area (Å²) >= 11 is 0. The summed E-state index contributed by atoms with van der Waals surface area (Å²) in [5, 5.41) is 3.09. The van der Waals surface area contributed by atoms with Gasteiger partial charge in [-0.1, -0.05) is 37.6 Å². The van der Waals surface area contributed by atoms with Crippen molar-refractivity contribution in [3.05, 3.63) is 58.7 Å². The highest BCUT2D eigenvalue weighted by Gasteiger charge is 2.27. The standard InChI is InChI=1S/C25H35N3O4S/c1-6-28(7-2)33(30,31)21-10-11-24(27-12-14-32-15-13-27)23(17-21)25(29)26-20(5)22-16-18(3)8-9-19(22)4/h8-11,16-17,20H,6-7,12-15H2,1-5H3,(H,26,29). The third-order valence-electron chi connectivity index (χ3n) is 6.16. The normalized spacial score (nSPS) is 15.5. The smallest absolute Gasteiger partial charge is 0.253 e. The fourth-order valence-corrected chi connectivity index (χ4v) is 5.71. The summed E-state index contributed by atoms with van der Waals surface area (Å²) in [7, 11) is -3.69. The largest absolute Gasteiger partial charge is 0.378 e. The molecule has 8 heteroatoms. The SMILES string of the molecule is CCN(CC)S(=O)(=O)c1ccc(N2CCOCC2)c(C(=O)NC(C)c2cc(C)ccc2C)c1. The summed E-state index contributed by atoms with van der Waals surface area (Å²) in [6.07, 6.45) is 0. The molecule has 0 saturated carbocycles. The third kappa shape index (κ3) is 5.57. The molecule has 0 aliphatic carbocycles. The third-order valence-corrected chi connectivity index (χ3v) is 8.20. The number of nitrogens with one attached hydrogen (secondary N) is 1. The van der Waals surface area contributed by atoms with Gasteiger partial charge >= 0.3 is 0 Å². The van der Waals surface area contributed by atoms with Crippen LogP contribution in [0.4, 0.5) is 5.69 Å². The lowest BCUT2D eigenvalue weighted by Gasteiger charge is -2.31. The topological polar surface area (TPSA) is 79.0 Å². The number of sulfonamides is 1. The first-order valence-corrected chi connectivity index (χ1v) is 13.0. The van der Waals surface area contributed by atoms with Crippen LogP contribution in [-0.2, 0) is 14.8 Å². The van der Waals surface area contributed by atoms with E-state index in [0.29, 0.717) is 45.0 Å². The molecule has 3 rings (SSSR count). The van der Waals surface area contributed by atoms with Gasteiger partial charge < -0.3 is 15.0 Å². The van der Waals surface area contributed by atoms with E-state index in [0.717, 1.165) is 22.4 Å². The first kappa shape index (κ1) is 25.2. The summed E-state index contributed by atoms with van der Waals surface area (Å²) < 4.78 is 33.1. The van der Waals surface area contributed by atoms with Crippen molar-refractivity contribution in [1.29, 1.82) is 0 Å². The fraction of sp³-hybridized carbons (Fsp3) is 0.480. The zero-order chi connectivity index (χ0) is 24.2. The predicted molar refractivity (Wildman–Crippen MR) is 131 cm³/mol. The Kier molecular flexibility index (Phi) is 8.15. The molecule has 1 heterocycles. The van der Waals surface area contributed by atoms with Gasteiger partial charge in [0.15, 0.2) is 0 Å². The van der Waals surface area contributed by atoms with Gasteiger partial charge in [0.1, 0.15) is 0 Å². The van der Waals surface area contributed by atoms with Gasteiger partial charge in [-0.3, -0.25) is 4.79 Å². The van der Waals surface area contributed by atoms with Crippen molar-refractivity contribution in [2.24, 2.45) is 0 Å². The van der Waals surface area contributed by atoms with Gasteiger partial charge in [-0.05, 0) is 50.1 Å². The fourth-order valence-electron chi connectivity index (χ4n) is 4.23. The van der Waals surface area contributed by atoms with E-state index < -0.39 is 10.0 Å². The van der Waals surface area contributed by atoms with Crippen LogP contribution in [0.5, 0.6) is 0 Å². The van der Waals surface area contributed by atoms with Crippen molar-refractivity contribution in [3.8, 4) is 0 Å². The Balaban J connectivity index is 2.00. The molecule has 7 nitrogen and oxygen atoms in total. The van der Waals surface area contributed by atoms with Crippen LogP contribution >= 0.6 is 0 Å². The molecule has 1 fully saturated rings. The number of carbonyl (C=O) groups excluding carboxylic acids is 1. The zero-order valence-corrected chi connectivity index (χ0v) is 21.0. The highest BCUT2D eigenvalue weighted by Crippen LogP contribution is 2.28. The number of ether oxygens (including phenoxy) is 1. The molecule has 1 unspecified atom stereocenters. The molecule has 1 N–H and O–H groups in total. The lowest BCUT2D eigenvalue weighted by molar-refractivity contribution is 0.0938. The van der Waals surface area contributed by atoms with Crippen molar-refractivity contribution >= 4 is 21.6 Å². The molecule has 1 atom stereocenters. The Morgan fingerprint density at radius 3 is 2.39 bits per heavy atom. The average Bonchev–Trinajstić information content (AvgIpc) is 2.81. The van der Waals surface area contributed by atoms with E-state index >= 15 is 0 Å². The summed E-state index contributed by atoms with van der Waals surface area (Å²) in [5.74, 6) is -0.290. The quantitative estimate of drug-likeness (QED) is 0.633. The molecular weight excluding hydrogens is 438 g/mol. The lowest BCUT2D eigenvalue weighted by atomic mass is 9.99. The number of benzene rings is 2. The predicted octanol–water partition coefficient (Wildman–Crippen LogP) is 3.66. The summed E-state index contributed by atoms with van der Waals surface area (Å²) in [6, 6.07) is 10.8. The molecule has 180 valence electrons. The van der Waals surface area contributed by atoms with E-state index in [-0.39, 0.29) is 16.8 Å². The number of morpholine rings is 1. The van der Waals surface area contributed by atoms with Gasteiger partial charge in [-0.25, -0.2) is 8.42 Å². The van der Waals surface area contributed by atoms with Crippen molar-refractivity contribution in [3.63, 3.8) is 0 Å². The van der Waals surface area contributed by atoms with Gasteiger partial charge in [0.05, 0.1) is 29.7 Å². The molecule has 2 aromatic carbocycles. The minimum Gasteiger partial charge on any atom is -0.378 e. The zero-order valence-electron chi connectivity index (χ0n) is 20.2. The number of hydrogen-bond donors (Lipinski definition) is 1. The minimum absolute atomic E-state index is 0.132. The Bertz CT molecular complexity index is 1090. The molecule has 0 bridgehead atoms. The van der Waals surface area contributed by atoms with E-state index in [4.69, 9.17) is 4.74 Å². The Morgan fingerprint density at radius 1 is 1.09 bits per heavy atom. The second-order valence-corrected chi connectivity index (χ2v) is 10.4. The second-order valence-electron chi connectivity index (χ2n) is 8.42. The van der Waals surface area contributed by atoms with Gasteiger partial charge in [0.2, 0.25) is 10.0 Å². The number of amides is 1. The van der Waals surface area contributed by atoms with Gasteiger partial charge in [-0.2, -0.15) is 4.31 Å². The van der Waals surface area contributed by atoms with Crippen LogP contribution in [0.1, 0.15) is 53.9 Å². The Labute approximate surface area is 197 Å². The van der Waals surface area contributed by atoms with Crippen LogP contribution in [0.25, 0.3) is 0 Å². The van der Waals surface area contributed by atoms with Crippen molar-refractivity contribution in [2.75, 3.05) is 44.3 Å². The van der Waals surface area contributed by atoms with Crippen molar-refractivity contribution in [1.82, 2.24) is 9.62 Å². The Morgan fingerprint density at radius 2 is 1.76 bits per heavy atom. The van der Waals surface area contributed by atoms with Gasteiger partial charge in [-0.15, -0.1) is 0 Å². The van der Waals surface area contributed by atoms with E-state index in [9.17, 15) is 13.2 Å². The highest BCUT2D eigenvalue weighted by atomic mass is 32.2. The maximum atomic E-state index is 13.5. The molecular formula is C25H35N3O4S. The van der Waals surface area contributed by atoms with Crippen LogP contribution in [0, 0.1) is 13.8 Å². The number of anilines is 1. The molecule has 0 spiro atoms. The van der Waals surface area contributed by atoms with Crippen LogP contribution < -0.4 is 10.2 Å². The number of nitrogens with zero attached hydrogens (tertiary/aromatic N) is 2. The van der Waals surface area contributed by atoms with E-state index in [1.54, 1.807) is 12.1 Å². The van der Waals surface area contributed by atoms with Crippen LogP contribution in [0.15, 0.2) is 41.3 Å². The van der Waals surface area contributed by atoms with Crippen molar-refractivity contribution < 1.29 is 17.9 Å². The molecule has 1 saturated heterocycles. The molecule has 1 aliphatic heterocycles. The number of aryl methyl sites for hydroxylation is 2. The maximum Gasteiger partial charge on any atom is 0.253 e. The molecule has 33 heavy (non-hydrogen) atoms. The summed E-state index contributed by atoms with van der Waals surface area (Å²) in [6.45, 7) is 12.8. The van der Waals surface area contributed by atoms with Crippen LogP contribution in [0.2, 0.25) is 0 Å². The monoisotopic (exact) mass is 473 g/mol. The van der Waals surface area contributed by atoms with Crippen LogP contribution in [0.3, 0.4) is 0 Å². The second kappa shape index (κ2) is 10.7. The molecule has 0 radical (unpaired) electrons. The maximum absolute atomic E-state index is 13.5. The minimum atomic E-state index is -3.69. The average molecular weight is 474 g/mol. The Hall–Kier alpha value is -2.42. The number of hydrogen-bond acceptors (Lipinski definition) is 5. The first-order chi connectivity index (χ1) is 15.7. The van der Waals surface area contributed by atoms with E-state index in [2.05, 4.69) is 16.3 Å². The van der Waals surface area contributed by atoms with Gasteiger partial charge in [0, 0.05) is 31.9 Å². The summed E-state index contributed by atoms with van der Waals surface area (Å²) in [4.78, 5) is 15.7. The number of rotatable bonds is 8. The highest BCUT2D eigenvalue weighted by molar-refractivity contribution is 7.89. The van der Waals surface area contributed by atoms with Gasteiger partial charge in [0.25, 0.3) is 5.91 Å². The molecule has 0 aromatic heterocycles.